The van der Waals surface area contributed by atoms with Crippen LogP contribution < -0.4 is 10.6 Å². The van der Waals surface area contributed by atoms with Gasteiger partial charge in [0.15, 0.2) is 5.82 Å². The minimum atomic E-state index is 0.149. The monoisotopic (exact) mass is 263 g/mol. The molecule has 2 aromatic heterocycles. The minimum Gasteiger partial charge on any atom is -0.393 e. The van der Waals surface area contributed by atoms with Crippen LogP contribution in [0.5, 0.6) is 0 Å². The zero-order chi connectivity index (χ0) is 13.3. The topological polar surface area (TPSA) is 59.5 Å². The molecule has 2 N–H and O–H groups in total. The Morgan fingerprint density at radius 3 is 3.00 bits per heavy atom. The third-order valence-corrected chi connectivity index (χ3v) is 3.29. The van der Waals surface area contributed by atoms with Gasteiger partial charge in [0, 0.05) is 31.9 Å². The maximum Gasteiger partial charge on any atom is 0.154 e. The molecule has 0 aliphatic heterocycles. The van der Waals surface area contributed by atoms with E-state index < -0.39 is 0 Å². The largest absolute Gasteiger partial charge is 0.393 e. The smallest absolute Gasteiger partial charge is 0.154 e. The molecule has 1 atom stereocenters. The molecule has 6 heteroatoms. The number of rotatable bonds is 4. The predicted octanol–water partition coefficient (Wildman–Crippen LogP) is 1.40. The molecule has 0 fully saturated rings. The number of fused-ring (bicyclic) bond motifs is 1. The van der Waals surface area contributed by atoms with Gasteiger partial charge in [0.05, 0.1) is 10.7 Å². The predicted molar refractivity (Wildman–Crippen MR) is 76.9 cm³/mol. The first kappa shape index (κ1) is 12.8. The standard InChI is InChI=1S/C12H17N5S/c1-8(11(13)18)7-16(3)12-10-6-9(2)15-17(10)5-4-14-12/h4-6,8H,7H2,1-3H3,(H2,13,18). The highest BCUT2D eigenvalue weighted by molar-refractivity contribution is 7.80. The first-order valence-electron chi connectivity index (χ1n) is 5.80. The Balaban J connectivity index is 2.32. The Morgan fingerprint density at radius 2 is 2.33 bits per heavy atom. The number of nitrogens with two attached hydrogens (primary N) is 1. The molecule has 0 bridgehead atoms. The summed E-state index contributed by atoms with van der Waals surface area (Å²) in [5.74, 6) is 1.04. The highest BCUT2D eigenvalue weighted by Crippen LogP contribution is 2.19. The molecule has 0 spiro atoms. The quantitative estimate of drug-likeness (QED) is 0.845. The van der Waals surface area contributed by atoms with E-state index in [1.165, 1.54) is 0 Å². The van der Waals surface area contributed by atoms with Crippen molar-refractivity contribution in [3.63, 3.8) is 0 Å². The van der Waals surface area contributed by atoms with E-state index in [1.54, 1.807) is 6.20 Å². The summed E-state index contributed by atoms with van der Waals surface area (Å²) in [7, 11) is 1.99. The van der Waals surface area contributed by atoms with Crippen molar-refractivity contribution < 1.29 is 0 Å². The van der Waals surface area contributed by atoms with Crippen molar-refractivity contribution in [2.45, 2.75) is 13.8 Å². The van der Waals surface area contributed by atoms with Crippen molar-refractivity contribution in [3.8, 4) is 0 Å². The number of aromatic nitrogens is 3. The normalized spacial score (nSPS) is 12.6. The molecular weight excluding hydrogens is 246 g/mol. The first-order chi connectivity index (χ1) is 8.49. The molecule has 0 amide bonds. The van der Waals surface area contributed by atoms with Gasteiger partial charge in [-0.2, -0.15) is 5.10 Å². The third-order valence-electron chi connectivity index (χ3n) is 2.89. The van der Waals surface area contributed by atoms with Gasteiger partial charge in [0.2, 0.25) is 0 Å². The van der Waals surface area contributed by atoms with Crippen LogP contribution in [0.15, 0.2) is 18.5 Å². The Morgan fingerprint density at radius 1 is 1.61 bits per heavy atom. The summed E-state index contributed by atoms with van der Waals surface area (Å²) in [6.07, 6.45) is 3.59. The van der Waals surface area contributed by atoms with Crippen molar-refractivity contribution >= 4 is 28.5 Å². The van der Waals surface area contributed by atoms with Gasteiger partial charge in [0.25, 0.3) is 0 Å². The SMILES string of the molecule is Cc1cc2c(N(C)CC(C)C(N)=S)nccn2n1. The fourth-order valence-electron chi connectivity index (χ4n) is 1.91. The zero-order valence-electron chi connectivity index (χ0n) is 10.8. The summed E-state index contributed by atoms with van der Waals surface area (Å²) in [6.45, 7) is 4.72. The second-order valence-electron chi connectivity index (χ2n) is 4.55. The lowest BCUT2D eigenvalue weighted by Gasteiger charge is -2.22. The molecule has 0 aliphatic carbocycles. The molecule has 0 saturated heterocycles. The Hall–Kier alpha value is -1.69. The molecule has 2 aromatic rings. The van der Waals surface area contributed by atoms with Gasteiger partial charge in [-0.1, -0.05) is 19.1 Å². The average Bonchev–Trinajstić information content (AvgIpc) is 2.68. The maximum absolute atomic E-state index is 5.65. The van der Waals surface area contributed by atoms with Gasteiger partial charge in [-0.15, -0.1) is 0 Å². The van der Waals surface area contributed by atoms with Crippen LogP contribution in [-0.2, 0) is 0 Å². The van der Waals surface area contributed by atoms with Crippen molar-refractivity contribution in [2.24, 2.45) is 11.7 Å². The molecular formula is C12H17N5S. The molecule has 2 rings (SSSR count). The molecule has 1 unspecified atom stereocenters. The molecule has 0 aliphatic rings. The van der Waals surface area contributed by atoms with Crippen molar-refractivity contribution in [1.29, 1.82) is 0 Å². The zero-order valence-corrected chi connectivity index (χ0v) is 11.6. The van der Waals surface area contributed by atoms with Gasteiger partial charge in [0.1, 0.15) is 5.52 Å². The Kier molecular flexibility index (Phi) is 3.47. The third kappa shape index (κ3) is 2.43. The number of thiocarbonyl (C=S) groups is 1. The summed E-state index contributed by atoms with van der Waals surface area (Å²) in [5.41, 5.74) is 7.61. The molecule has 96 valence electrons. The number of hydrogen-bond donors (Lipinski definition) is 1. The van der Waals surface area contributed by atoms with E-state index in [0.717, 1.165) is 23.6 Å². The number of anilines is 1. The van der Waals surface area contributed by atoms with Crippen molar-refractivity contribution in [2.75, 3.05) is 18.5 Å². The van der Waals surface area contributed by atoms with Crippen LogP contribution in [0.4, 0.5) is 5.82 Å². The van der Waals surface area contributed by atoms with E-state index in [-0.39, 0.29) is 5.92 Å². The van der Waals surface area contributed by atoms with Crippen LogP contribution in [0.3, 0.4) is 0 Å². The van der Waals surface area contributed by atoms with Gasteiger partial charge in [-0.3, -0.25) is 0 Å². The Bertz CT molecular complexity index is 577. The van der Waals surface area contributed by atoms with Gasteiger partial charge in [-0.05, 0) is 13.0 Å². The summed E-state index contributed by atoms with van der Waals surface area (Å²) < 4.78 is 1.83. The number of nitrogens with zero attached hydrogens (tertiary/aromatic N) is 4. The van der Waals surface area contributed by atoms with E-state index in [0.29, 0.717) is 4.99 Å². The summed E-state index contributed by atoms with van der Waals surface area (Å²) in [5, 5.41) is 4.37. The van der Waals surface area contributed by atoms with Crippen LogP contribution in [0.1, 0.15) is 12.6 Å². The van der Waals surface area contributed by atoms with E-state index >= 15 is 0 Å². The average molecular weight is 263 g/mol. The Labute approximate surface area is 112 Å². The van der Waals surface area contributed by atoms with E-state index in [9.17, 15) is 0 Å². The summed E-state index contributed by atoms with van der Waals surface area (Å²) in [4.78, 5) is 7.00. The van der Waals surface area contributed by atoms with Crippen LogP contribution in [0.25, 0.3) is 5.52 Å². The lowest BCUT2D eigenvalue weighted by molar-refractivity contribution is 0.734. The van der Waals surface area contributed by atoms with Crippen molar-refractivity contribution in [3.05, 3.63) is 24.2 Å². The second-order valence-corrected chi connectivity index (χ2v) is 5.02. The van der Waals surface area contributed by atoms with E-state index in [4.69, 9.17) is 18.0 Å². The summed E-state index contributed by atoms with van der Waals surface area (Å²) in [6, 6.07) is 2.02. The molecule has 18 heavy (non-hydrogen) atoms. The van der Waals surface area contributed by atoms with E-state index in [2.05, 4.69) is 15.0 Å². The highest BCUT2D eigenvalue weighted by atomic mass is 32.1. The van der Waals surface area contributed by atoms with Crippen LogP contribution in [-0.4, -0.2) is 33.2 Å². The van der Waals surface area contributed by atoms with E-state index in [1.807, 2.05) is 37.7 Å². The molecule has 0 aromatic carbocycles. The molecule has 0 radical (unpaired) electrons. The highest BCUT2D eigenvalue weighted by Gasteiger charge is 2.14. The molecule has 2 heterocycles. The van der Waals surface area contributed by atoms with Crippen molar-refractivity contribution in [1.82, 2.24) is 14.6 Å². The van der Waals surface area contributed by atoms with Gasteiger partial charge >= 0.3 is 0 Å². The van der Waals surface area contributed by atoms with Gasteiger partial charge < -0.3 is 10.6 Å². The van der Waals surface area contributed by atoms with Gasteiger partial charge in [-0.25, -0.2) is 9.50 Å². The first-order valence-corrected chi connectivity index (χ1v) is 6.21. The second kappa shape index (κ2) is 4.89. The van der Waals surface area contributed by atoms with Crippen LogP contribution in [0.2, 0.25) is 0 Å². The van der Waals surface area contributed by atoms with Crippen LogP contribution in [0, 0.1) is 12.8 Å². The molecule has 5 nitrogen and oxygen atoms in total. The molecule has 0 saturated carbocycles. The summed E-state index contributed by atoms with van der Waals surface area (Å²) >= 11 is 5.00. The maximum atomic E-state index is 5.65. The fourth-order valence-corrected chi connectivity index (χ4v) is 1.99. The lowest BCUT2D eigenvalue weighted by Crippen LogP contribution is -2.32. The number of hydrogen-bond acceptors (Lipinski definition) is 4. The minimum absolute atomic E-state index is 0.149. The fraction of sp³-hybridized carbons (Fsp3) is 0.417. The van der Waals surface area contributed by atoms with Crippen LogP contribution >= 0.6 is 12.2 Å². The number of aryl methyl sites for hydroxylation is 1. The lowest BCUT2D eigenvalue weighted by atomic mass is 10.2.